The minimum Gasteiger partial charge on any atom is -0.494 e. The molecule has 2 amide bonds. The zero-order valence-electron chi connectivity index (χ0n) is 18.1. The molecule has 2 aromatic carbocycles. The number of carbonyl (C=O) groups excluding carboxylic acids is 1. The van der Waals surface area contributed by atoms with Crippen molar-refractivity contribution in [3.05, 3.63) is 48.0 Å². The third kappa shape index (κ3) is 9.29. The Kier molecular flexibility index (Phi) is 10.6. The van der Waals surface area contributed by atoms with Crippen LogP contribution in [-0.4, -0.2) is 39.2 Å². The number of ether oxygens (including phenoxy) is 4. The highest BCUT2D eigenvalue weighted by atomic mass is 16.5. The summed E-state index contributed by atoms with van der Waals surface area (Å²) in [6.07, 6.45) is 6.20. The molecule has 0 bridgehead atoms. The first kappa shape index (κ1) is 23.9. The number of amides is 2. The van der Waals surface area contributed by atoms with Crippen molar-refractivity contribution in [2.75, 3.05) is 26.9 Å². The van der Waals surface area contributed by atoms with E-state index in [-0.39, 0.29) is 0 Å². The molecule has 2 aromatic rings. The number of methoxy groups -OCH3 is 1. The summed E-state index contributed by atoms with van der Waals surface area (Å²) in [7, 11) is 1.55. The average Bonchev–Trinajstić information content (AvgIpc) is 2.77. The van der Waals surface area contributed by atoms with Crippen LogP contribution in [0.5, 0.6) is 23.0 Å². The summed E-state index contributed by atoms with van der Waals surface area (Å²) in [5, 5.41) is 3.71. The fourth-order valence-electron chi connectivity index (χ4n) is 2.72. The van der Waals surface area contributed by atoms with Gasteiger partial charge in [0.05, 0.1) is 19.9 Å². The Hall–Kier alpha value is -3.42. The molecule has 8 heteroatoms. The number of unbranched alkanes of at least 4 members (excludes halogenated alkanes) is 3. The maximum Gasteiger partial charge on any atom is 0.332 e. The molecule has 0 radical (unpaired) electrons. The predicted octanol–water partition coefficient (Wildman–Crippen LogP) is 4.11. The topological polar surface area (TPSA) is 104 Å². The molecule has 0 fully saturated rings. The van der Waals surface area contributed by atoms with Crippen LogP contribution in [0.1, 0.15) is 38.2 Å². The molecule has 0 aromatic heterocycles. The molecule has 168 valence electrons. The molecule has 0 aliphatic rings. The monoisotopic (exact) mass is 429 g/mol. The Morgan fingerprint density at radius 3 is 2.26 bits per heavy atom. The maximum atomic E-state index is 10.6. The van der Waals surface area contributed by atoms with Crippen molar-refractivity contribution in [1.29, 1.82) is 0 Å². The van der Waals surface area contributed by atoms with Gasteiger partial charge in [0.2, 0.25) is 0 Å². The van der Waals surface area contributed by atoms with Gasteiger partial charge in [-0.15, -0.1) is 0 Å². The van der Waals surface area contributed by atoms with E-state index in [9.17, 15) is 4.79 Å². The Bertz CT molecular complexity index is 824. The van der Waals surface area contributed by atoms with Gasteiger partial charge in [0, 0.05) is 0 Å². The molecular formula is C23H31N3O5. The first-order valence-corrected chi connectivity index (χ1v) is 10.4. The number of hydrazone groups is 1. The highest BCUT2D eigenvalue weighted by molar-refractivity contribution is 5.82. The van der Waals surface area contributed by atoms with Gasteiger partial charge in [0.15, 0.2) is 11.5 Å². The lowest BCUT2D eigenvalue weighted by molar-refractivity contribution is 0.211. The van der Waals surface area contributed by atoms with E-state index in [0.29, 0.717) is 24.7 Å². The molecule has 31 heavy (non-hydrogen) atoms. The van der Waals surface area contributed by atoms with Crippen molar-refractivity contribution in [3.63, 3.8) is 0 Å². The van der Waals surface area contributed by atoms with E-state index in [1.54, 1.807) is 25.3 Å². The average molecular weight is 430 g/mol. The van der Waals surface area contributed by atoms with Gasteiger partial charge in [-0.3, -0.25) is 0 Å². The summed E-state index contributed by atoms with van der Waals surface area (Å²) in [5.41, 5.74) is 7.82. The largest absolute Gasteiger partial charge is 0.494 e. The van der Waals surface area contributed by atoms with Gasteiger partial charge >= 0.3 is 6.03 Å². The fourth-order valence-corrected chi connectivity index (χ4v) is 2.72. The van der Waals surface area contributed by atoms with Crippen LogP contribution in [0.2, 0.25) is 0 Å². The minimum atomic E-state index is -0.729. The fraction of sp³-hybridized carbons (Fsp3) is 0.391. The normalized spacial score (nSPS) is 10.6. The van der Waals surface area contributed by atoms with Crippen LogP contribution >= 0.6 is 0 Å². The number of nitrogens with one attached hydrogen (secondary N) is 1. The van der Waals surface area contributed by atoms with E-state index in [2.05, 4.69) is 17.5 Å². The quantitative estimate of drug-likeness (QED) is 0.267. The summed E-state index contributed by atoms with van der Waals surface area (Å²) in [6.45, 7) is 3.66. The number of hydrogen-bond donors (Lipinski definition) is 2. The van der Waals surface area contributed by atoms with E-state index in [1.165, 1.54) is 25.5 Å². The molecule has 0 spiro atoms. The lowest BCUT2D eigenvalue weighted by atomic mass is 10.2. The Morgan fingerprint density at radius 1 is 0.935 bits per heavy atom. The number of primary amides is 1. The van der Waals surface area contributed by atoms with Crippen molar-refractivity contribution in [3.8, 4) is 23.0 Å². The standard InChI is InChI=1S/C23H31N3O5/c1-3-4-5-6-13-29-19-8-10-20(11-9-19)30-14-15-31-21-12-7-18(16-22(21)28-2)17-25-26-23(24)27/h7-12,16-17H,3-6,13-15H2,1-2H3,(H3,24,26,27)/b25-17-. The second kappa shape index (κ2) is 13.7. The molecule has 0 unspecified atom stereocenters. The van der Waals surface area contributed by atoms with Gasteiger partial charge in [-0.1, -0.05) is 26.2 Å². The SMILES string of the molecule is CCCCCCOc1ccc(OCCOc2ccc(/C=N\NC(N)=O)cc2OC)cc1. The third-order valence-corrected chi connectivity index (χ3v) is 4.28. The molecule has 0 aliphatic heterocycles. The van der Waals surface area contributed by atoms with Crippen LogP contribution in [-0.2, 0) is 0 Å². The molecule has 0 atom stereocenters. The molecule has 0 saturated carbocycles. The van der Waals surface area contributed by atoms with Gasteiger partial charge in [0.25, 0.3) is 0 Å². The Labute approximate surface area is 183 Å². The van der Waals surface area contributed by atoms with Crippen molar-refractivity contribution < 1.29 is 23.7 Å². The van der Waals surface area contributed by atoms with E-state index in [4.69, 9.17) is 24.7 Å². The number of urea groups is 1. The third-order valence-electron chi connectivity index (χ3n) is 4.28. The summed E-state index contributed by atoms with van der Waals surface area (Å²) in [5.74, 6) is 2.73. The van der Waals surface area contributed by atoms with E-state index >= 15 is 0 Å². The van der Waals surface area contributed by atoms with Crippen LogP contribution in [0, 0.1) is 0 Å². The number of benzene rings is 2. The van der Waals surface area contributed by atoms with Crippen LogP contribution in [0.15, 0.2) is 47.6 Å². The van der Waals surface area contributed by atoms with Gasteiger partial charge in [-0.05, 0) is 54.4 Å². The Balaban J connectivity index is 1.74. The number of carbonyl (C=O) groups is 1. The van der Waals surface area contributed by atoms with Crippen LogP contribution in [0.3, 0.4) is 0 Å². The number of rotatable bonds is 14. The van der Waals surface area contributed by atoms with Crippen LogP contribution in [0.4, 0.5) is 4.79 Å². The van der Waals surface area contributed by atoms with Crippen LogP contribution < -0.4 is 30.1 Å². The molecule has 8 nitrogen and oxygen atoms in total. The highest BCUT2D eigenvalue weighted by Gasteiger charge is 2.06. The minimum absolute atomic E-state index is 0.350. The lowest BCUT2D eigenvalue weighted by Gasteiger charge is -2.12. The van der Waals surface area contributed by atoms with E-state index in [0.717, 1.165) is 30.1 Å². The molecule has 0 aliphatic carbocycles. The molecule has 3 N–H and O–H groups in total. The summed E-state index contributed by atoms with van der Waals surface area (Å²) >= 11 is 0. The van der Waals surface area contributed by atoms with Crippen molar-refractivity contribution in [2.24, 2.45) is 10.8 Å². The first-order chi connectivity index (χ1) is 15.1. The molecule has 0 heterocycles. The van der Waals surface area contributed by atoms with Crippen molar-refractivity contribution in [1.82, 2.24) is 5.43 Å². The highest BCUT2D eigenvalue weighted by Crippen LogP contribution is 2.27. The second-order valence-corrected chi connectivity index (χ2v) is 6.72. The zero-order chi connectivity index (χ0) is 22.3. The summed E-state index contributed by atoms with van der Waals surface area (Å²) in [4.78, 5) is 10.6. The number of hydrogen-bond acceptors (Lipinski definition) is 6. The van der Waals surface area contributed by atoms with Gasteiger partial charge < -0.3 is 24.7 Å². The predicted molar refractivity (Wildman–Crippen MR) is 120 cm³/mol. The molecule has 2 rings (SSSR count). The lowest BCUT2D eigenvalue weighted by Crippen LogP contribution is -2.24. The van der Waals surface area contributed by atoms with E-state index < -0.39 is 6.03 Å². The van der Waals surface area contributed by atoms with Gasteiger partial charge in [-0.2, -0.15) is 5.10 Å². The second-order valence-electron chi connectivity index (χ2n) is 6.72. The van der Waals surface area contributed by atoms with Gasteiger partial charge in [0.1, 0.15) is 24.7 Å². The van der Waals surface area contributed by atoms with Crippen LogP contribution in [0.25, 0.3) is 0 Å². The Morgan fingerprint density at radius 2 is 1.61 bits per heavy atom. The number of nitrogens with zero attached hydrogens (tertiary/aromatic N) is 1. The van der Waals surface area contributed by atoms with Crippen molar-refractivity contribution in [2.45, 2.75) is 32.6 Å². The van der Waals surface area contributed by atoms with Crippen molar-refractivity contribution >= 4 is 12.2 Å². The number of nitrogens with two attached hydrogens (primary N) is 1. The van der Waals surface area contributed by atoms with Gasteiger partial charge in [-0.25, -0.2) is 10.2 Å². The first-order valence-electron chi connectivity index (χ1n) is 10.4. The maximum absolute atomic E-state index is 10.6. The van der Waals surface area contributed by atoms with E-state index in [1.807, 2.05) is 24.3 Å². The molecular weight excluding hydrogens is 398 g/mol. The smallest absolute Gasteiger partial charge is 0.332 e. The summed E-state index contributed by atoms with van der Waals surface area (Å²) in [6, 6.07) is 12.1. The summed E-state index contributed by atoms with van der Waals surface area (Å²) < 4.78 is 22.5. The molecule has 0 saturated heterocycles. The zero-order valence-corrected chi connectivity index (χ0v) is 18.1.